The normalized spacial score (nSPS) is 12.6. The van der Waals surface area contributed by atoms with E-state index in [1.807, 2.05) is 0 Å². The van der Waals surface area contributed by atoms with Gasteiger partial charge in [-0.15, -0.1) is 0 Å². The Hall–Kier alpha value is -2.99. The van der Waals surface area contributed by atoms with Gasteiger partial charge in [0.1, 0.15) is 12.6 Å². The number of halogens is 6. The lowest BCUT2D eigenvalue weighted by atomic mass is 10.1. The first kappa shape index (κ1) is 34.5. The minimum atomic E-state index is -4.90. The molecule has 0 unspecified atom stereocenters. The molecule has 43 heavy (non-hydrogen) atoms. The van der Waals surface area contributed by atoms with Gasteiger partial charge in [0.15, 0.2) is 0 Å². The SMILES string of the molecule is CC[C@H](C(=O)NC(C)C)N(Cc1ccc(Cl)c(Cl)c1)C(=O)CN(c1ccc(Cl)c(C(F)(F)F)c1)S(=O)(=O)c1ccccc1. The molecule has 14 heteroatoms. The van der Waals surface area contributed by atoms with Gasteiger partial charge in [0.05, 0.1) is 31.2 Å². The van der Waals surface area contributed by atoms with Crippen molar-refractivity contribution in [2.24, 2.45) is 0 Å². The van der Waals surface area contributed by atoms with E-state index in [9.17, 15) is 31.2 Å². The number of alkyl halides is 3. The predicted octanol–water partition coefficient (Wildman–Crippen LogP) is 7.19. The van der Waals surface area contributed by atoms with Crippen molar-refractivity contribution in [3.63, 3.8) is 0 Å². The smallest absolute Gasteiger partial charge is 0.352 e. The largest absolute Gasteiger partial charge is 0.417 e. The highest BCUT2D eigenvalue weighted by molar-refractivity contribution is 7.92. The number of benzene rings is 3. The number of sulfonamides is 1. The third kappa shape index (κ3) is 8.56. The minimum absolute atomic E-state index is 0.149. The number of rotatable bonds is 11. The highest BCUT2D eigenvalue weighted by Gasteiger charge is 2.37. The number of carbonyl (C=O) groups is 2. The van der Waals surface area contributed by atoms with Gasteiger partial charge in [-0.3, -0.25) is 13.9 Å². The number of hydrogen-bond donors (Lipinski definition) is 1. The van der Waals surface area contributed by atoms with Crippen molar-refractivity contribution in [3.8, 4) is 0 Å². The summed E-state index contributed by atoms with van der Waals surface area (Å²) in [6, 6.07) is 12.8. The Morgan fingerprint density at radius 2 is 1.53 bits per heavy atom. The highest BCUT2D eigenvalue weighted by Crippen LogP contribution is 2.38. The maximum absolute atomic E-state index is 14.0. The van der Waals surface area contributed by atoms with Crippen molar-refractivity contribution in [1.82, 2.24) is 10.2 Å². The van der Waals surface area contributed by atoms with E-state index in [2.05, 4.69) is 5.32 Å². The summed E-state index contributed by atoms with van der Waals surface area (Å²) in [6.07, 6.45) is -4.75. The molecule has 232 valence electrons. The number of amides is 2. The number of carbonyl (C=O) groups excluding carboxylic acids is 2. The Bertz CT molecular complexity index is 1570. The Morgan fingerprint density at radius 3 is 2.09 bits per heavy atom. The first-order valence-corrected chi connectivity index (χ1v) is 15.6. The molecule has 0 heterocycles. The van der Waals surface area contributed by atoms with E-state index in [1.165, 1.54) is 41.3 Å². The fourth-order valence-electron chi connectivity index (χ4n) is 4.27. The molecule has 0 fully saturated rings. The van der Waals surface area contributed by atoms with Crippen molar-refractivity contribution in [2.45, 2.75) is 56.9 Å². The molecule has 0 aliphatic carbocycles. The van der Waals surface area contributed by atoms with Gasteiger partial charge in [0.2, 0.25) is 11.8 Å². The van der Waals surface area contributed by atoms with Gasteiger partial charge in [-0.2, -0.15) is 13.2 Å². The quantitative estimate of drug-likeness (QED) is 0.233. The molecule has 0 radical (unpaired) electrons. The van der Waals surface area contributed by atoms with Crippen LogP contribution in [0.1, 0.15) is 38.3 Å². The summed E-state index contributed by atoms with van der Waals surface area (Å²) in [5.74, 6) is -1.34. The predicted molar refractivity (Wildman–Crippen MR) is 162 cm³/mol. The summed E-state index contributed by atoms with van der Waals surface area (Å²) in [5.41, 5.74) is -1.23. The molecule has 3 rings (SSSR count). The van der Waals surface area contributed by atoms with E-state index in [0.29, 0.717) is 15.9 Å². The molecule has 1 atom stereocenters. The van der Waals surface area contributed by atoms with Crippen LogP contribution in [0.2, 0.25) is 15.1 Å². The van der Waals surface area contributed by atoms with E-state index in [0.717, 1.165) is 12.1 Å². The second kappa shape index (κ2) is 14.2. The summed E-state index contributed by atoms with van der Waals surface area (Å²) < 4.78 is 69.5. The molecule has 1 N–H and O–H groups in total. The number of anilines is 1. The lowest BCUT2D eigenvalue weighted by Crippen LogP contribution is -2.53. The molecule has 7 nitrogen and oxygen atoms in total. The lowest BCUT2D eigenvalue weighted by Gasteiger charge is -2.33. The van der Waals surface area contributed by atoms with E-state index in [4.69, 9.17) is 34.8 Å². The second-order valence-electron chi connectivity index (χ2n) is 9.84. The fourth-order valence-corrected chi connectivity index (χ4v) is 6.24. The van der Waals surface area contributed by atoms with Crippen LogP contribution in [0.25, 0.3) is 0 Å². The molecule has 0 saturated carbocycles. The molecule has 0 aliphatic rings. The Balaban J connectivity index is 2.15. The maximum Gasteiger partial charge on any atom is 0.417 e. The van der Waals surface area contributed by atoms with Gasteiger partial charge in [-0.05, 0) is 68.3 Å². The molecular formula is C29H29Cl3F3N3O4S. The first-order chi connectivity index (χ1) is 20.1. The maximum atomic E-state index is 14.0. The highest BCUT2D eigenvalue weighted by atomic mass is 35.5. The van der Waals surface area contributed by atoms with E-state index in [1.54, 1.807) is 32.9 Å². The van der Waals surface area contributed by atoms with Gasteiger partial charge < -0.3 is 10.2 Å². The van der Waals surface area contributed by atoms with Gasteiger partial charge in [-0.25, -0.2) is 8.42 Å². The van der Waals surface area contributed by atoms with Gasteiger partial charge in [-0.1, -0.05) is 66.0 Å². The zero-order chi connectivity index (χ0) is 32.1. The van der Waals surface area contributed by atoms with Crippen LogP contribution in [0, 0.1) is 0 Å². The van der Waals surface area contributed by atoms with Crippen LogP contribution >= 0.6 is 34.8 Å². The summed E-state index contributed by atoms with van der Waals surface area (Å²) >= 11 is 18.0. The van der Waals surface area contributed by atoms with Crippen molar-refractivity contribution < 1.29 is 31.2 Å². The van der Waals surface area contributed by atoms with Crippen molar-refractivity contribution >= 4 is 62.3 Å². The van der Waals surface area contributed by atoms with Gasteiger partial charge in [0, 0.05) is 12.6 Å². The van der Waals surface area contributed by atoms with E-state index >= 15 is 0 Å². The molecule has 0 aromatic heterocycles. The average Bonchev–Trinajstić information content (AvgIpc) is 2.93. The molecule has 0 spiro atoms. The average molecular weight is 679 g/mol. The van der Waals surface area contributed by atoms with Crippen LogP contribution in [0.15, 0.2) is 71.6 Å². The Morgan fingerprint density at radius 1 is 0.907 bits per heavy atom. The summed E-state index contributed by atoms with van der Waals surface area (Å²) in [7, 11) is -4.58. The molecule has 3 aromatic carbocycles. The summed E-state index contributed by atoms with van der Waals surface area (Å²) in [5, 5.41) is 2.57. The summed E-state index contributed by atoms with van der Waals surface area (Å²) in [4.78, 5) is 28.1. The zero-order valence-corrected chi connectivity index (χ0v) is 26.4. The standard InChI is InChI=1S/C29H29Cl3F3N3O4S/c1-4-26(28(40)36-18(2)3)37(16-19-10-12-24(31)25(32)14-19)27(39)17-38(43(41,42)21-8-6-5-7-9-21)20-11-13-23(30)22(15-20)29(33,34)35/h5-15,18,26H,4,16-17H2,1-3H3,(H,36,40)/t26-/m1/s1. The first-order valence-electron chi connectivity index (χ1n) is 13.0. The molecular weight excluding hydrogens is 650 g/mol. The molecule has 0 aliphatic heterocycles. The van der Waals surface area contributed by atoms with Crippen LogP contribution < -0.4 is 9.62 Å². The minimum Gasteiger partial charge on any atom is -0.352 e. The van der Waals surface area contributed by atoms with Gasteiger partial charge in [0.25, 0.3) is 10.0 Å². The van der Waals surface area contributed by atoms with E-state index < -0.39 is 56.9 Å². The topological polar surface area (TPSA) is 86.8 Å². The fraction of sp³-hybridized carbons (Fsp3) is 0.310. The Kier molecular flexibility index (Phi) is 11.4. The van der Waals surface area contributed by atoms with Crippen molar-refractivity contribution in [2.75, 3.05) is 10.8 Å². The van der Waals surface area contributed by atoms with Crippen LogP contribution in [-0.2, 0) is 32.3 Å². The number of nitrogens with zero attached hydrogens (tertiary/aromatic N) is 2. The van der Waals surface area contributed by atoms with Crippen molar-refractivity contribution in [3.05, 3.63) is 92.9 Å². The van der Waals surface area contributed by atoms with Crippen LogP contribution in [0.5, 0.6) is 0 Å². The van der Waals surface area contributed by atoms with Crippen LogP contribution in [0.4, 0.5) is 18.9 Å². The number of nitrogens with one attached hydrogen (secondary N) is 1. The van der Waals surface area contributed by atoms with Crippen molar-refractivity contribution in [1.29, 1.82) is 0 Å². The third-order valence-corrected chi connectivity index (χ3v) is 9.16. The molecule has 2 amide bonds. The van der Waals surface area contributed by atoms with Gasteiger partial charge >= 0.3 is 6.18 Å². The third-order valence-electron chi connectivity index (χ3n) is 6.31. The van der Waals surface area contributed by atoms with Crippen LogP contribution in [0.3, 0.4) is 0 Å². The number of hydrogen-bond acceptors (Lipinski definition) is 4. The molecule has 3 aromatic rings. The molecule has 0 bridgehead atoms. The lowest BCUT2D eigenvalue weighted by molar-refractivity contribution is -0.140. The van der Waals surface area contributed by atoms with E-state index in [-0.39, 0.29) is 33.9 Å². The monoisotopic (exact) mass is 677 g/mol. The van der Waals surface area contributed by atoms with Crippen LogP contribution in [-0.4, -0.2) is 43.8 Å². The molecule has 0 saturated heterocycles. The second-order valence-corrected chi connectivity index (χ2v) is 12.9. The Labute approximate surface area is 263 Å². The zero-order valence-electron chi connectivity index (χ0n) is 23.3. The summed E-state index contributed by atoms with van der Waals surface area (Å²) in [6.45, 7) is 4.05.